The highest BCUT2D eigenvalue weighted by atomic mass is 28.4. The highest BCUT2D eigenvalue weighted by molar-refractivity contribution is 6.69. The molecule has 0 aliphatic rings. The first-order valence-electron chi connectivity index (χ1n) is 6.19. The van der Waals surface area contributed by atoms with E-state index in [0.29, 0.717) is 0 Å². The summed E-state index contributed by atoms with van der Waals surface area (Å²) < 4.78 is 6.06. The summed E-state index contributed by atoms with van der Waals surface area (Å²) in [7, 11) is -1.41. The maximum atomic E-state index is 6.06. The van der Waals surface area contributed by atoms with Crippen LogP contribution in [0.3, 0.4) is 0 Å². The van der Waals surface area contributed by atoms with E-state index in [0.717, 1.165) is 12.3 Å². The van der Waals surface area contributed by atoms with Gasteiger partial charge in [-0.05, 0) is 32.0 Å². The molecule has 0 aromatic heterocycles. The van der Waals surface area contributed by atoms with Gasteiger partial charge in [-0.2, -0.15) is 0 Å². The average Bonchev–Trinajstić information content (AvgIpc) is 2.11. The van der Waals surface area contributed by atoms with Gasteiger partial charge in [0.2, 0.25) is 0 Å². The number of rotatable bonds is 8. The van der Waals surface area contributed by atoms with Crippen molar-refractivity contribution in [2.45, 2.75) is 65.3 Å². The van der Waals surface area contributed by atoms with Crippen LogP contribution >= 0.6 is 0 Å². The minimum Gasteiger partial charge on any atom is -0.411 e. The van der Waals surface area contributed by atoms with Crippen LogP contribution in [0.15, 0.2) is 12.7 Å². The van der Waals surface area contributed by atoms with E-state index in [-0.39, 0.29) is 6.10 Å². The van der Waals surface area contributed by atoms with Gasteiger partial charge >= 0.3 is 0 Å². The van der Waals surface area contributed by atoms with Crippen LogP contribution in [0.4, 0.5) is 0 Å². The summed E-state index contributed by atoms with van der Waals surface area (Å²) in [5.74, 6) is 0.754. The summed E-state index contributed by atoms with van der Waals surface area (Å²) in [6, 6.07) is 0. The van der Waals surface area contributed by atoms with Crippen molar-refractivity contribution in [1.82, 2.24) is 0 Å². The SMILES string of the molecule is C=CC(CC(C)CCCC)O[Si](C)(C)C. The Kier molecular flexibility index (Phi) is 7.19. The van der Waals surface area contributed by atoms with E-state index in [9.17, 15) is 0 Å². The molecule has 0 heterocycles. The first-order chi connectivity index (χ1) is 6.89. The van der Waals surface area contributed by atoms with Crippen molar-refractivity contribution in [2.75, 3.05) is 0 Å². The lowest BCUT2D eigenvalue weighted by Crippen LogP contribution is -2.31. The molecule has 15 heavy (non-hydrogen) atoms. The standard InChI is InChI=1S/C13H28OSi/c1-7-9-10-12(3)11-13(8-2)14-15(4,5)6/h8,12-13H,2,7,9-11H2,1,3-6H3. The van der Waals surface area contributed by atoms with Crippen LogP contribution in [-0.2, 0) is 4.43 Å². The van der Waals surface area contributed by atoms with Crippen molar-refractivity contribution in [1.29, 1.82) is 0 Å². The molecule has 90 valence electrons. The minimum absolute atomic E-state index is 0.267. The minimum atomic E-state index is -1.41. The zero-order valence-electron chi connectivity index (χ0n) is 11.2. The largest absolute Gasteiger partial charge is 0.411 e. The van der Waals surface area contributed by atoms with Gasteiger partial charge in [-0.1, -0.05) is 39.2 Å². The number of unbranched alkanes of at least 4 members (excludes halogenated alkanes) is 1. The quantitative estimate of drug-likeness (QED) is 0.435. The molecule has 0 bridgehead atoms. The van der Waals surface area contributed by atoms with Crippen molar-refractivity contribution in [3.05, 3.63) is 12.7 Å². The van der Waals surface area contributed by atoms with Gasteiger partial charge in [-0.15, -0.1) is 6.58 Å². The van der Waals surface area contributed by atoms with Gasteiger partial charge in [0.05, 0.1) is 6.10 Å². The lowest BCUT2D eigenvalue weighted by atomic mass is 9.98. The molecule has 0 spiro atoms. The summed E-state index contributed by atoms with van der Waals surface area (Å²) in [6.07, 6.45) is 7.31. The van der Waals surface area contributed by atoms with Crippen LogP contribution in [0.25, 0.3) is 0 Å². The smallest absolute Gasteiger partial charge is 0.184 e. The first kappa shape index (κ1) is 14.9. The molecule has 0 radical (unpaired) electrons. The normalized spacial score (nSPS) is 16.1. The summed E-state index contributed by atoms with van der Waals surface area (Å²) in [4.78, 5) is 0. The molecule has 0 aromatic carbocycles. The van der Waals surface area contributed by atoms with E-state index >= 15 is 0 Å². The van der Waals surface area contributed by atoms with E-state index in [2.05, 4.69) is 40.1 Å². The molecular weight excluding hydrogens is 200 g/mol. The molecule has 0 N–H and O–H groups in total. The highest BCUT2D eigenvalue weighted by Crippen LogP contribution is 2.19. The van der Waals surface area contributed by atoms with Gasteiger partial charge in [-0.3, -0.25) is 0 Å². The van der Waals surface area contributed by atoms with Gasteiger partial charge in [0.25, 0.3) is 0 Å². The monoisotopic (exact) mass is 228 g/mol. The van der Waals surface area contributed by atoms with Crippen LogP contribution in [0.1, 0.15) is 39.5 Å². The Balaban J connectivity index is 3.93. The van der Waals surface area contributed by atoms with Crippen LogP contribution in [0.5, 0.6) is 0 Å². The Bertz CT molecular complexity index is 172. The molecule has 2 unspecified atom stereocenters. The van der Waals surface area contributed by atoms with Gasteiger partial charge in [-0.25, -0.2) is 0 Å². The average molecular weight is 228 g/mol. The molecule has 0 saturated heterocycles. The summed E-state index contributed by atoms with van der Waals surface area (Å²) in [5, 5.41) is 0. The second kappa shape index (κ2) is 7.23. The Morgan fingerprint density at radius 2 is 1.93 bits per heavy atom. The molecule has 0 saturated carbocycles. The molecule has 0 aliphatic heterocycles. The topological polar surface area (TPSA) is 9.23 Å². The third-order valence-electron chi connectivity index (χ3n) is 2.45. The molecule has 1 nitrogen and oxygen atoms in total. The maximum Gasteiger partial charge on any atom is 0.184 e. The maximum absolute atomic E-state index is 6.06. The molecule has 0 rings (SSSR count). The van der Waals surface area contributed by atoms with E-state index in [4.69, 9.17) is 4.43 Å². The van der Waals surface area contributed by atoms with Gasteiger partial charge in [0.1, 0.15) is 0 Å². The van der Waals surface area contributed by atoms with Crippen LogP contribution in [0.2, 0.25) is 19.6 Å². The fraction of sp³-hybridized carbons (Fsp3) is 0.846. The van der Waals surface area contributed by atoms with Crippen molar-refractivity contribution < 1.29 is 4.43 Å². The lowest BCUT2D eigenvalue weighted by Gasteiger charge is -2.26. The van der Waals surface area contributed by atoms with Crippen molar-refractivity contribution in [3.8, 4) is 0 Å². The Hall–Kier alpha value is -0.0831. The Morgan fingerprint density at radius 3 is 2.33 bits per heavy atom. The highest BCUT2D eigenvalue weighted by Gasteiger charge is 2.20. The van der Waals surface area contributed by atoms with E-state index < -0.39 is 8.32 Å². The predicted octanol–water partition coefficient (Wildman–Crippen LogP) is 4.61. The summed E-state index contributed by atoms with van der Waals surface area (Å²) in [6.45, 7) is 15.2. The van der Waals surface area contributed by atoms with Crippen molar-refractivity contribution in [3.63, 3.8) is 0 Å². The predicted molar refractivity (Wildman–Crippen MR) is 71.7 cm³/mol. The van der Waals surface area contributed by atoms with Crippen LogP contribution in [-0.4, -0.2) is 14.4 Å². The van der Waals surface area contributed by atoms with Crippen LogP contribution < -0.4 is 0 Å². The molecule has 0 aromatic rings. The van der Waals surface area contributed by atoms with Gasteiger partial charge in [0, 0.05) is 0 Å². The second-order valence-electron chi connectivity index (χ2n) is 5.49. The van der Waals surface area contributed by atoms with E-state index in [1.165, 1.54) is 19.3 Å². The van der Waals surface area contributed by atoms with E-state index in [1.807, 2.05) is 6.08 Å². The molecule has 0 amide bonds. The fourth-order valence-electron chi connectivity index (χ4n) is 1.71. The van der Waals surface area contributed by atoms with Crippen LogP contribution in [0, 0.1) is 5.92 Å². The third-order valence-corrected chi connectivity index (χ3v) is 3.46. The number of hydrogen-bond acceptors (Lipinski definition) is 1. The van der Waals surface area contributed by atoms with Crippen molar-refractivity contribution in [2.24, 2.45) is 5.92 Å². The Labute approximate surface area is 97.0 Å². The zero-order valence-corrected chi connectivity index (χ0v) is 12.2. The molecule has 0 fully saturated rings. The summed E-state index contributed by atoms with van der Waals surface area (Å²) >= 11 is 0. The molecule has 2 atom stereocenters. The summed E-state index contributed by atoms with van der Waals surface area (Å²) in [5.41, 5.74) is 0. The van der Waals surface area contributed by atoms with Crippen molar-refractivity contribution >= 4 is 8.32 Å². The molecule has 2 heteroatoms. The fourth-order valence-corrected chi connectivity index (χ4v) is 2.81. The third kappa shape index (κ3) is 8.88. The lowest BCUT2D eigenvalue weighted by molar-refractivity contribution is 0.204. The zero-order chi connectivity index (χ0) is 11.9. The van der Waals surface area contributed by atoms with Gasteiger partial charge < -0.3 is 4.43 Å². The number of hydrogen-bond donors (Lipinski definition) is 0. The molecule has 0 aliphatic carbocycles. The molecular formula is C13H28OSi. The van der Waals surface area contributed by atoms with Gasteiger partial charge in [0.15, 0.2) is 8.32 Å². The second-order valence-corrected chi connectivity index (χ2v) is 9.95. The first-order valence-corrected chi connectivity index (χ1v) is 9.60. The van der Waals surface area contributed by atoms with E-state index in [1.54, 1.807) is 0 Å². The Morgan fingerprint density at radius 1 is 1.33 bits per heavy atom.